The van der Waals surface area contributed by atoms with Crippen LogP contribution >= 0.6 is 0 Å². The molecule has 0 spiro atoms. The van der Waals surface area contributed by atoms with Gasteiger partial charge >= 0.3 is 0 Å². The average Bonchev–Trinajstić information content (AvgIpc) is 3.64. The maximum atomic E-state index is 6.77. The minimum atomic E-state index is 0.0906. The molecule has 10 rings (SSSR count). The van der Waals surface area contributed by atoms with Gasteiger partial charge in [-0.05, 0) is 82.3 Å². The molecule has 2 unspecified atom stereocenters. The fourth-order valence-electron chi connectivity index (χ4n) is 8.42. The number of aromatic nitrogens is 3. The molecule has 5 aromatic carbocycles. The molecule has 7 aromatic rings. The summed E-state index contributed by atoms with van der Waals surface area (Å²) in [5, 5.41) is 4.70. The maximum absolute atomic E-state index is 6.77. The molecule has 0 bridgehead atoms. The zero-order valence-corrected chi connectivity index (χ0v) is 31.4. The first-order chi connectivity index (χ1) is 27.7. The predicted octanol–water partition coefficient (Wildman–Crippen LogP) is 13.6. The second-order valence-electron chi connectivity index (χ2n) is 15.0. The number of hydrogen-bond donors (Lipinski definition) is 0. The van der Waals surface area contributed by atoms with E-state index in [1.54, 1.807) is 0 Å². The lowest BCUT2D eigenvalue weighted by Crippen LogP contribution is -2.12. The number of para-hydroxylation sites is 1. The Balaban J connectivity index is 1.13. The van der Waals surface area contributed by atoms with Crippen LogP contribution in [0.25, 0.3) is 78.0 Å². The predicted molar refractivity (Wildman–Crippen MR) is 233 cm³/mol. The minimum absolute atomic E-state index is 0.0906. The van der Waals surface area contributed by atoms with Crippen molar-refractivity contribution in [3.63, 3.8) is 0 Å². The third-order valence-electron chi connectivity index (χ3n) is 11.2. The Bertz CT molecular complexity index is 2890. The van der Waals surface area contributed by atoms with Gasteiger partial charge in [0.05, 0.1) is 0 Å². The molecule has 3 aliphatic carbocycles. The lowest BCUT2D eigenvalue weighted by molar-refractivity contribution is 0.670. The summed E-state index contributed by atoms with van der Waals surface area (Å²) in [5.41, 5.74) is 11.0. The summed E-state index contributed by atoms with van der Waals surface area (Å²) in [6.45, 7) is 2.29. The average molecular weight is 724 g/mol. The number of benzene rings is 5. The van der Waals surface area contributed by atoms with Crippen LogP contribution in [0.15, 0.2) is 168 Å². The zero-order chi connectivity index (χ0) is 37.4. The number of fused-ring (bicyclic) bond motifs is 5. The SMILES string of the molecule is CC1C=Cc2c(-c3cccc4oc5c(-c6ccc7ccccc7c6)cccc5c34)ccc(-c3nc(C4=C/C/C=C\C=C/C/C=C\4)nc(C4C=CC=CC4)n3)c2C1. The molecule has 0 saturated heterocycles. The largest absolute Gasteiger partial charge is 0.455 e. The number of furan rings is 1. The first-order valence-corrected chi connectivity index (χ1v) is 19.7. The van der Waals surface area contributed by atoms with Gasteiger partial charge in [0.1, 0.15) is 17.0 Å². The second kappa shape index (κ2) is 14.5. The summed E-state index contributed by atoms with van der Waals surface area (Å²) in [7, 11) is 0. The van der Waals surface area contributed by atoms with E-state index in [-0.39, 0.29) is 5.92 Å². The highest BCUT2D eigenvalue weighted by molar-refractivity contribution is 6.16. The Labute approximate surface area is 327 Å². The van der Waals surface area contributed by atoms with Crippen molar-refractivity contribution in [1.29, 1.82) is 0 Å². The molecule has 56 heavy (non-hydrogen) atoms. The van der Waals surface area contributed by atoms with Gasteiger partial charge in [-0.1, -0.05) is 165 Å². The number of nitrogens with zero attached hydrogens (tertiary/aromatic N) is 3. The summed E-state index contributed by atoms with van der Waals surface area (Å²) < 4.78 is 6.77. The first-order valence-electron chi connectivity index (χ1n) is 19.7. The maximum Gasteiger partial charge on any atom is 0.164 e. The molecule has 0 radical (unpaired) electrons. The van der Waals surface area contributed by atoms with Gasteiger partial charge in [0, 0.05) is 33.4 Å². The van der Waals surface area contributed by atoms with Gasteiger partial charge in [-0.2, -0.15) is 0 Å². The summed E-state index contributed by atoms with van der Waals surface area (Å²) in [4.78, 5) is 15.6. The van der Waals surface area contributed by atoms with Gasteiger partial charge in [0.15, 0.2) is 11.6 Å². The van der Waals surface area contributed by atoms with Crippen LogP contribution in [-0.4, -0.2) is 15.0 Å². The standard InChI is InChI=1S/C52H41N3O/c1-34-26-29-42-41(43-23-15-25-47-48(43)45-24-14-22-40(49(45)56-47)39-28-27-35-16-12-13-21-38(35)33-39)30-31-44(46(42)32-34)52-54-50(36-17-8-5-3-2-4-6-9-18-36)53-51(55-52)37-19-10-7-11-20-37/h2-5,7,9-19,21-31,33-34,37H,6,8,20,32H2,1H3/b4-2-,5-3-,18-9-,36-17+. The van der Waals surface area contributed by atoms with Gasteiger partial charge < -0.3 is 4.42 Å². The Morgan fingerprint density at radius 1 is 0.625 bits per heavy atom. The van der Waals surface area contributed by atoms with Crippen molar-refractivity contribution in [2.75, 3.05) is 0 Å². The summed E-state index contributed by atoms with van der Waals surface area (Å²) >= 11 is 0. The highest BCUT2D eigenvalue weighted by Gasteiger charge is 2.25. The zero-order valence-electron chi connectivity index (χ0n) is 31.4. The number of allylic oxidation sites excluding steroid dienone is 13. The van der Waals surface area contributed by atoms with Crippen molar-refractivity contribution in [2.24, 2.45) is 5.92 Å². The normalized spacial score (nSPS) is 20.5. The molecule has 0 saturated carbocycles. The van der Waals surface area contributed by atoms with E-state index in [9.17, 15) is 0 Å². The van der Waals surface area contributed by atoms with Crippen LogP contribution in [0, 0.1) is 5.92 Å². The fraction of sp³-hybridized carbons (Fsp3) is 0.135. The van der Waals surface area contributed by atoms with E-state index in [1.807, 2.05) is 0 Å². The van der Waals surface area contributed by atoms with E-state index in [0.717, 1.165) is 92.9 Å². The molecule has 4 nitrogen and oxygen atoms in total. The third kappa shape index (κ3) is 6.27. The molecule has 0 fully saturated rings. The van der Waals surface area contributed by atoms with Crippen LogP contribution in [0.2, 0.25) is 0 Å². The molecular formula is C52H41N3O. The minimum Gasteiger partial charge on any atom is -0.455 e. The van der Waals surface area contributed by atoms with Crippen molar-refractivity contribution >= 4 is 44.4 Å². The van der Waals surface area contributed by atoms with Gasteiger partial charge in [-0.3, -0.25) is 0 Å². The Morgan fingerprint density at radius 2 is 1.45 bits per heavy atom. The van der Waals surface area contributed by atoms with Crippen LogP contribution in [-0.2, 0) is 6.42 Å². The summed E-state index contributed by atoms with van der Waals surface area (Å²) in [6.07, 6.45) is 31.8. The van der Waals surface area contributed by atoms with Crippen LogP contribution in [0.1, 0.15) is 54.9 Å². The first kappa shape index (κ1) is 33.9. The van der Waals surface area contributed by atoms with Gasteiger partial charge in [0.25, 0.3) is 0 Å². The van der Waals surface area contributed by atoms with Crippen molar-refractivity contribution in [3.05, 3.63) is 187 Å². The Morgan fingerprint density at radius 3 is 2.36 bits per heavy atom. The summed E-state index contributed by atoms with van der Waals surface area (Å²) in [6, 6.07) is 32.7. The highest BCUT2D eigenvalue weighted by atomic mass is 16.3. The second-order valence-corrected chi connectivity index (χ2v) is 15.0. The molecular weight excluding hydrogens is 683 g/mol. The van der Waals surface area contributed by atoms with Crippen LogP contribution in [0.5, 0.6) is 0 Å². The van der Waals surface area contributed by atoms with Crippen LogP contribution in [0.3, 0.4) is 0 Å². The van der Waals surface area contributed by atoms with Gasteiger partial charge in [-0.25, -0.2) is 15.0 Å². The third-order valence-corrected chi connectivity index (χ3v) is 11.2. The van der Waals surface area contributed by atoms with Gasteiger partial charge in [-0.15, -0.1) is 0 Å². The van der Waals surface area contributed by atoms with E-state index in [0.29, 0.717) is 5.92 Å². The molecule has 0 aliphatic heterocycles. The Kier molecular flexibility index (Phi) is 8.80. The molecule has 2 atom stereocenters. The smallest absolute Gasteiger partial charge is 0.164 e. The lowest BCUT2D eigenvalue weighted by atomic mass is 9.82. The van der Waals surface area contributed by atoms with Crippen LogP contribution < -0.4 is 0 Å². The van der Waals surface area contributed by atoms with E-state index < -0.39 is 0 Å². The fourth-order valence-corrected chi connectivity index (χ4v) is 8.42. The quantitative estimate of drug-likeness (QED) is 0.177. The Hall–Kier alpha value is -6.65. The van der Waals surface area contributed by atoms with E-state index >= 15 is 0 Å². The molecule has 2 aromatic heterocycles. The van der Waals surface area contributed by atoms with E-state index in [2.05, 4.69) is 177 Å². The topological polar surface area (TPSA) is 51.8 Å². The van der Waals surface area contributed by atoms with Crippen LogP contribution in [0.4, 0.5) is 0 Å². The van der Waals surface area contributed by atoms with Crippen molar-refractivity contribution < 1.29 is 4.42 Å². The summed E-state index contributed by atoms with van der Waals surface area (Å²) in [5.74, 6) is 2.72. The monoisotopic (exact) mass is 723 g/mol. The lowest BCUT2D eigenvalue weighted by Gasteiger charge is -2.23. The van der Waals surface area contributed by atoms with E-state index in [4.69, 9.17) is 19.4 Å². The molecule has 2 heterocycles. The van der Waals surface area contributed by atoms with Gasteiger partial charge in [0.2, 0.25) is 0 Å². The van der Waals surface area contributed by atoms with Crippen molar-refractivity contribution in [2.45, 2.75) is 38.5 Å². The molecule has 270 valence electrons. The van der Waals surface area contributed by atoms with Crippen molar-refractivity contribution in [3.8, 4) is 33.6 Å². The molecule has 3 aliphatic rings. The highest BCUT2D eigenvalue weighted by Crippen LogP contribution is 2.44. The number of rotatable bonds is 5. The molecule has 0 N–H and O–H groups in total. The van der Waals surface area contributed by atoms with E-state index in [1.165, 1.54) is 27.5 Å². The number of hydrogen-bond acceptors (Lipinski definition) is 4. The molecule has 4 heteroatoms. The van der Waals surface area contributed by atoms with Crippen molar-refractivity contribution in [1.82, 2.24) is 15.0 Å². The molecule has 0 amide bonds.